The number of hydrogen-bond donors (Lipinski definition) is 1. The maximum atomic E-state index is 11.7. The third kappa shape index (κ3) is 1.86. The number of rotatable bonds is 4. The van der Waals surface area contributed by atoms with E-state index < -0.39 is 14.6 Å². The molecule has 0 aromatic rings. The third-order valence-corrected chi connectivity index (χ3v) is 5.27. The summed E-state index contributed by atoms with van der Waals surface area (Å²) in [5.74, 6) is 0. The van der Waals surface area contributed by atoms with Crippen molar-refractivity contribution in [2.24, 2.45) is 0 Å². The van der Waals surface area contributed by atoms with E-state index in [0.29, 0.717) is 25.4 Å². The number of hydrogen-bond acceptors (Lipinski definition) is 3. The molecule has 80 valence electrons. The molecule has 0 bridgehead atoms. The van der Waals surface area contributed by atoms with Gasteiger partial charge in [-0.1, -0.05) is 12.2 Å². The molecule has 0 atom stereocenters. The van der Waals surface area contributed by atoms with Crippen LogP contribution in [-0.2, 0) is 9.84 Å². The molecule has 14 heavy (non-hydrogen) atoms. The Bertz CT molecular complexity index is 333. The number of nitrogens with one attached hydrogen (secondary N) is 1. The second-order valence-electron chi connectivity index (χ2n) is 4.49. The van der Waals surface area contributed by atoms with E-state index in [2.05, 4.69) is 5.32 Å². The van der Waals surface area contributed by atoms with Gasteiger partial charge in [0, 0.05) is 18.8 Å². The first-order valence-electron chi connectivity index (χ1n) is 5.11. The van der Waals surface area contributed by atoms with Crippen LogP contribution < -0.4 is 5.32 Å². The molecular formula is C10H17NO2S. The van der Waals surface area contributed by atoms with E-state index >= 15 is 0 Å². The van der Waals surface area contributed by atoms with E-state index in [1.165, 1.54) is 19.1 Å². The maximum absolute atomic E-state index is 11.7. The Balaban J connectivity index is 2.05. The lowest BCUT2D eigenvalue weighted by molar-refractivity contribution is 0.490. The first kappa shape index (κ1) is 10.2. The molecule has 2 rings (SSSR count). The predicted octanol–water partition coefficient (Wildman–Crippen LogP) is 0.872. The summed E-state index contributed by atoms with van der Waals surface area (Å²) in [6.07, 6.45) is 9.07. The van der Waals surface area contributed by atoms with Crippen molar-refractivity contribution in [3.63, 3.8) is 0 Å². The van der Waals surface area contributed by atoms with Gasteiger partial charge in [0.15, 0.2) is 9.84 Å². The SMILES string of the molecule is CS(=O)(=O)C1(CNC2CC2)CC=CC1. The first-order valence-corrected chi connectivity index (χ1v) is 7.01. The highest BCUT2D eigenvalue weighted by atomic mass is 32.2. The molecule has 0 spiro atoms. The fraction of sp³-hybridized carbons (Fsp3) is 0.800. The molecule has 0 amide bonds. The highest BCUT2D eigenvalue weighted by molar-refractivity contribution is 7.92. The summed E-state index contributed by atoms with van der Waals surface area (Å²) in [6, 6.07) is 0.578. The average molecular weight is 215 g/mol. The Morgan fingerprint density at radius 3 is 2.36 bits per heavy atom. The van der Waals surface area contributed by atoms with E-state index in [1.807, 2.05) is 12.2 Å². The molecule has 3 nitrogen and oxygen atoms in total. The Morgan fingerprint density at radius 1 is 1.36 bits per heavy atom. The largest absolute Gasteiger partial charge is 0.312 e. The second-order valence-corrected chi connectivity index (χ2v) is 6.90. The number of sulfone groups is 1. The zero-order chi connectivity index (χ0) is 10.2. The summed E-state index contributed by atoms with van der Waals surface area (Å²) in [6.45, 7) is 0.615. The van der Waals surface area contributed by atoms with Crippen molar-refractivity contribution in [3.8, 4) is 0 Å². The zero-order valence-electron chi connectivity index (χ0n) is 8.49. The summed E-state index contributed by atoms with van der Waals surface area (Å²) >= 11 is 0. The molecule has 2 aliphatic carbocycles. The normalized spacial score (nSPS) is 25.5. The molecular weight excluding hydrogens is 198 g/mol. The Morgan fingerprint density at radius 2 is 1.93 bits per heavy atom. The van der Waals surface area contributed by atoms with E-state index in [0.717, 1.165) is 0 Å². The van der Waals surface area contributed by atoms with E-state index in [4.69, 9.17) is 0 Å². The van der Waals surface area contributed by atoms with Gasteiger partial charge in [0.2, 0.25) is 0 Å². The standard InChI is InChI=1S/C10H17NO2S/c1-14(12,13)10(6-2-3-7-10)8-11-9-4-5-9/h2-3,9,11H,4-8H2,1H3. The van der Waals surface area contributed by atoms with Crippen LogP contribution >= 0.6 is 0 Å². The molecule has 2 aliphatic rings. The van der Waals surface area contributed by atoms with Crippen LogP contribution in [0, 0.1) is 0 Å². The van der Waals surface area contributed by atoms with Crippen LogP contribution in [0.15, 0.2) is 12.2 Å². The Labute approximate surface area is 85.5 Å². The van der Waals surface area contributed by atoms with Gasteiger partial charge in [-0.05, 0) is 25.7 Å². The van der Waals surface area contributed by atoms with Gasteiger partial charge in [-0.3, -0.25) is 0 Å². The molecule has 0 radical (unpaired) electrons. The van der Waals surface area contributed by atoms with Crippen molar-refractivity contribution >= 4 is 9.84 Å². The summed E-state index contributed by atoms with van der Waals surface area (Å²) in [7, 11) is -2.96. The Hall–Kier alpha value is -0.350. The van der Waals surface area contributed by atoms with Crippen LogP contribution in [0.3, 0.4) is 0 Å². The van der Waals surface area contributed by atoms with E-state index in [1.54, 1.807) is 0 Å². The van der Waals surface area contributed by atoms with Gasteiger partial charge >= 0.3 is 0 Å². The van der Waals surface area contributed by atoms with Gasteiger partial charge in [-0.15, -0.1) is 0 Å². The zero-order valence-corrected chi connectivity index (χ0v) is 9.31. The van der Waals surface area contributed by atoms with Crippen LogP contribution in [0.25, 0.3) is 0 Å². The second kappa shape index (κ2) is 3.35. The van der Waals surface area contributed by atoms with Gasteiger partial charge in [-0.2, -0.15) is 0 Å². The van der Waals surface area contributed by atoms with Crippen molar-refractivity contribution < 1.29 is 8.42 Å². The van der Waals surface area contributed by atoms with E-state index in [9.17, 15) is 8.42 Å². The molecule has 1 N–H and O–H groups in total. The van der Waals surface area contributed by atoms with Crippen LogP contribution in [-0.4, -0.2) is 32.0 Å². The van der Waals surface area contributed by atoms with Crippen LogP contribution in [0.4, 0.5) is 0 Å². The van der Waals surface area contributed by atoms with E-state index in [-0.39, 0.29) is 0 Å². The minimum Gasteiger partial charge on any atom is -0.312 e. The lowest BCUT2D eigenvalue weighted by atomic mass is 10.1. The third-order valence-electron chi connectivity index (χ3n) is 3.22. The molecule has 0 aromatic heterocycles. The highest BCUT2D eigenvalue weighted by Crippen LogP contribution is 2.32. The summed E-state index contributed by atoms with van der Waals surface area (Å²) in [5, 5.41) is 3.33. The van der Waals surface area contributed by atoms with Crippen LogP contribution in [0.1, 0.15) is 25.7 Å². The van der Waals surface area contributed by atoms with Crippen molar-refractivity contribution in [1.29, 1.82) is 0 Å². The van der Waals surface area contributed by atoms with Gasteiger partial charge < -0.3 is 5.32 Å². The van der Waals surface area contributed by atoms with Crippen molar-refractivity contribution in [2.45, 2.75) is 36.5 Å². The lowest BCUT2D eigenvalue weighted by Gasteiger charge is -2.27. The van der Waals surface area contributed by atoms with Gasteiger partial charge in [-0.25, -0.2) is 8.42 Å². The molecule has 0 unspecified atom stereocenters. The minimum absolute atomic E-state index is 0.546. The monoisotopic (exact) mass is 215 g/mol. The first-order chi connectivity index (χ1) is 6.54. The molecule has 1 saturated carbocycles. The van der Waals surface area contributed by atoms with Crippen molar-refractivity contribution in [2.75, 3.05) is 12.8 Å². The molecule has 0 saturated heterocycles. The minimum atomic E-state index is -2.96. The average Bonchev–Trinajstić information content (AvgIpc) is 2.78. The smallest absolute Gasteiger partial charge is 0.155 e. The van der Waals surface area contributed by atoms with Gasteiger partial charge in [0.25, 0.3) is 0 Å². The Kier molecular flexibility index (Phi) is 2.43. The highest BCUT2D eigenvalue weighted by Gasteiger charge is 2.41. The van der Waals surface area contributed by atoms with Gasteiger partial charge in [0.1, 0.15) is 0 Å². The molecule has 0 aromatic carbocycles. The molecule has 0 aliphatic heterocycles. The van der Waals surface area contributed by atoms with Crippen LogP contribution in [0.5, 0.6) is 0 Å². The molecule has 1 fully saturated rings. The fourth-order valence-corrected chi connectivity index (χ4v) is 3.02. The summed E-state index contributed by atoms with van der Waals surface area (Å²) in [5.41, 5.74) is 0. The lowest BCUT2D eigenvalue weighted by Crippen LogP contribution is -2.45. The van der Waals surface area contributed by atoms with Crippen molar-refractivity contribution in [3.05, 3.63) is 12.2 Å². The van der Waals surface area contributed by atoms with Crippen molar-refractivity contribution in [1.82, 2.24) is 5.32 Å². The summed E-state index contributed by atoms with van der Waals surface area (Å²) in [4.78, 5) is 0. The predicted molar refractivity (Wildman–Crippen MR) is 57.0 cm³/mol. The topological polar surface area (TPSA) is 46.2 Å². The maximum Gasteiger partial charge on any atom is 0.155 e. The van der Waals surface area contributed by atoms with Crippen LogP contribution in [0.2, 0.25) is 0 Å². The number of allylic oxidation sites excluding steroid dienone is 2. The quantitative estimate of drug-likeness (QED) is 0.708. The molecule has 0 heterocycles. The fourth-order valence-electron chi connectivity index (χ4n) is 1.88. The summed E-state index contributed by atoms with van der Waals surface area (Å²) < 4.78 is 22.9. The van der Waals surface area contributed by atoms with Gasteiger partial charge in [0.05, 0.1) is 4.75 Å². The molecule has 4 heteroatoms.